The summed E-state index contributed by atoms with van der Waals surface area (Å²) in [6.45, 7) is 19.8. The molecule has 0 aliphatic carbocycles. The molecule has 0 spiro atoms. The van der Waals surface area contributed by atoms with Gasteiger partial charge in [-0.15, -0.1) is 0 Å². The van der Waals surface area contributed by atoms with Crippen LogP contribution >= 0.6 is 0 Å². The predicted octanol–water partition coefficient (Wildman–Crippen LogP) is 6.58. The first kappa shape index (κ1) is 76.0. The summed E-state index contributed by atoms with van der Waals surface area (Å²) < 4.78 is 58.5. The summed E-state index contributed by atoms with van der Waals surface area (Å²) in [5.74, 6) is -1.67. The molecule has 0 unspecified atom stereocenters. The van der Waals surface area contributed by atoms with Gasteiger partial charge in [0.15, 0.2) is 12.1 Å². The Morgan fingerprint density at radius 2 is 0.894 bits per heavy atom. The Bertz CT molecular complexity index is 2330. The molecule has 0 fully saturated rings. The number of pyridine rings is 2. The number of carboxylic acids is 1. The van der Waals surface area contributed by atoms with Crippen LogP contribution in [0.1, 0.15) is 91.2 Å². The fourth-order valence-corrected chi connectivity index (χ4v) is 6.72. The molecule has 0 aliphatic rings. The van der Waals surface area contributed by atoms with Gasteiger partial charge in [-0.2, -0.15) is 0 Å². The lowest BCUT2D eigenvalue weighted by atomic mass is 10.2. The first-order valence-electron chi connectivity index (χ1n) is 28.0. The van der Waals surface area contributed by atoms with Crippen molar-refractivity contribution in [2.45, 2.75) is 117 Å². The van der Waals surface area contributed by atoms with Gasteiger partial charge in [0, 0.05) is 61.2 Å². The summed E-state index contributed by atoms with van der Waals surface area (Å²) in [4.78, 5) is 90.9. The lowest BCUT2D eigenvalue weighted by Gasteiger charge is -2.27. The zero-order valence-electron chi connectivity index (χ0n) is 50.9. The number of rotatable bonds is 44. The minimum Gasteiger partial charge on any atom is -0.480 e. The van der Waals surface area contributed by atoms with E-state index in [0.717, 1.165) is 11.1 Å². The van der Waals surface area contributed by atoms with Crippen molar-refractivity contribution in [3.8, 4) is 0 Å². The summed E-state index contributed by atoms with van der Waals surface area (Å²) in [6, 6.07) is 5.08. The fourth-order valence-electron chi connectivity index (χ4n) is 6.72. The number of azide groups is 2. The lowest BCUT2D eigenvalue weighted by molar-refractivity contribution is -0.147. The van der Waals surface area contributed by atoms with Gasteiger partial charge in [-0.25, -0.2) is 29.1 Å². The third-order valence-electron chi connectivity index (χ3n) is 10.7. The highest BCUT2D eigenvalue weighted by Crippen LogP contribution is 2.20. The molecule has 30 heteroatoms. The molecule has 2 atom stereocenters. The van der Waals surface area contributed by atoms with E-state index in [4.69, 9.17) is 63.2 Å². The molecule has 2 aromatic heterocycles. The van der Waals surface area contributed by atoms with Crippen molar-refractivity contribution in [1.82, 2.24) is 20.6 Å². The van der Waals surface area contributed by atoms with Crippen LogP contribution in [0.15, 0.2) is 46.9 Å². The van der Waals surface area contributed by atoms with Crippen LogP contribution in [0.25, 0.3) is 20.9 Å². The van der Waals surface area contributed by atoms with Gasteiger partial charge in [-0.1, -0.05) is 10.2 Å². The quantitative estimate of drug-likeness (QED) is 0.0157. The van der Waals surface area contributed by atoms with E-state index in [2.05, 4.69) is 40.7 Å². The van der Waals surface area contributed by atoms with Gasteiger partial charge in [0.25, 0.3) is 0 Å². The van der Waals surface area contributed by atoms with E-state index in [1.54, 1.807) is 66.1 Å². The molecular formula is C55H90N12O18. The summed E-state index contributed by atoms with van der Waals surface area (Å²) in [6.07, 6.45) is 4.27. The van der Waals surface area contributed by atoms with E-state index in [9.17, 15) is 33.9 Å². The number of aryl methyl sites for hydroxylation is 2. The monoisotopic (exact) mass is 1210 g/mol. The number of esters is 1. The first-order chi connectivity index (χ1) is 40.6. The van der Waals surface area contributed by atoms with Crippen molar-refractivity contribution in [1.29, 1.82) is 0 Å². The zero-order chi connectivity index (χ0) is 63.1. The summed E-state index contributed by atoms with van der Waals surface area (Å²) in [5, 5.41) is 21.2. The average Bonchev–Trinajstić information content (AvgIpc) is 3.65. The molecular weight excluding hydrogens is 1120 g/mol. The second-order valence-corrected chi connectivity index (χ2v) is 20.4. The Hall–Kier alpha value is -6.98. The number of unbranched alkanes of at least 4 members (excludes halogenated alkanes) is 2. The molecule has 30 nitrogen and oxygen atoms in total. The number of methoxy groups -OCH3 is 1. The van der Waals surface area contributed by atoms with Crippen LogP contribution in [0.5, 0.6) is 0 Å². The minimum absolute atomic E-state index is 0.0725. The minimum atomic E-state index is -1.21. The number of nitrogens with zero attached hydrogens (tertiary/aromatic N) is 10. The Kier molecular flexibility index (Phi) is 41.4. The maximum Gasteiger partial charge on any atom is 0.416 e. The molecule has 0 saturated carbocycles. The molecule has 0 saturated heterocycles. The largest absolute Gasteiger partial charge is 0.480 e. The van der Waals surface area contributed by atoms with E-state index in [1.165, 1.54) is 16.9 Å². The van der Waals surface area contributed by atoms with E-state index in [-0.39, 0.29) is 78.0 Å². The van der Waals surface area contributed by atoms with Crippen LogP contribution in [0, 0.1) is 13.8 Å². The summed E-state index contributed by atoms with van der Waals surface area (Å²) in [7, 11) is 1.24. The number of amides is 4. The van der Waals surface area contributed by atoms with Gasteiger partial charge in [0.2, 0.25) is 11.8 Å². The molecule has 3 N–H and O–H groups in total. The molecule has 2 heterocycles. The Balaban J connectivity index is 0.000000850. The Morgan fingerprint density at radius 1 is 0.553 bits per heavy atom. The second kappa shape index (κ2) is 46.3. The normalized spacial score (nSPS) is 11.8. The van der Waals surface area contributed by atoms with Gasteiger partial charge in [0.05, 0.1) is 113 Å². The number of carbonyl (C=O) groups excluding carboxylic acids is 5. The van der Waals surface area contributed by atoms with E-state index < -0.39 is 53.3 Å². The number of hydrogen-bond donors (Lipinski definition) is 3. The van der Waals surface area contributed by atoms with Crippen LogP contribution in [0.2, 0.25) is 0 Å². The average molecular weight is 1210 g/mol. The molecule has 0 aromatic carbocycles. The van der Waals surface area contributed by atoms with Crippen molar-refractivity contribution in [3.05, 3.63) is 68.7 Å². The van der Waals surface area contributed by atoms with Crippen LogP contribution in [0.3, 0.4) is 0 Å². The Labute approximate surface area is 497 Å². The van der Waals surface area contributed by atoms with E-state index >= 15 is 0 Å². The van der Waals surface area contributed by atoms with Crippen LogP contribution < -0.4 is 20.4 Å². The molecule has 0 aliphatic heterocycles. The third kappa shape index (κ3) is 40.8. The fraction of sp³-hybridized carbons (Fsp3) is 0.709. The zero-order valence-corrected chi connectivity index (χ0v) is 50.9. The number of ether oxygens (including phenoxy) is 11. The third-order valence-corrected chi connectivity index (χ3v) is 10.7. The van der Waals surface area contributed by atoms with Crippen LogP contribution in [0.4, 0.5) is 21.2 Å². The maximum absolute atomic E-state index is 12.8. The number of aromatic nitrogens is 2. The van der Waals surface area contributed by atoms with Gasteiger partial charge >= 0.3 is 24.1 Å². The Morgan fingerprint density at radius 3 is 1.22 bits per heavy atom. The smallest absolute Gasteiger partial charge is 0.416 e. The second-order valence-electron chi connectivity index (χ2n) is 20.4. The number of aliphatic carboxylic acids is 1. The van der Waals surface area contributed by atoms with Crippen molar-refractivity contribution in [2.24, 2.45) is 10.2 Å². The molecule has 2 rings (SSSR count). The topological polar surface area (TPSA) is 378 Å². The van der Waals surface area contributed by atoms with E-state index in [1.807, 2.05) is 26.0 Å². The summed E-state index contributed by atoms with van der Waals surface area (Å²) >= 11 is 0. The summed E-state index contributed by atoms with van der Waals surface area (Å²) in [5.41, 5.74) is 16.9. The lowest BCUT2D eigenvalue weighted by Crippen LogP contribution is -2.45. The standard InChI is InChI=1S/C28H46N6O9.C27H44N6O9/c1-22-9-10-30-24(20-22)34(27(37)43-28(2,3)4)12-7-6-8-25(35)32-23(26(36)38-5)21-42-19-18-41-17-16-40-15-14-39-13-11-31-33-29;1-21-8-9-29-23(19-21)33(26(37)42-27(2,3)4)11-6-5-7-24(34)31-22(25(35)36)20-41-18-17-40-16-15-39-14-13-38-12-10-30-32-28/h9-10,20,23H,6-8,11-19,21H2,1-5H3,(H,32,35);8-9,19,22H,5-7,10-18,20H2,1-4H3,(H,31,34)(H,35,36)/t23-;22-/m00/s1. The molecule has 478 valence electrons. The highest BCUT2D eigenvalue weighted by atomic mass is 16.6. The molecule has 0 radical (unpaired) electrons. The highest BCUT2D eigenvalue weighted by Gasteiger charge is 2.27. The van der Waals surface area contributed by atoms with Crippen molar-refractivity contribution in [2.75, 3.05) is 149 Å². The first-order valence-corrected chi connectivity index (χ1v) is 28.0. The maximum atomic E-state index is 12.8. The highest BCUT2D eigenvalue weighted by molar-refractivity contribution is 5.88. The molecule has 0 bridgehead atoms. The van der Waals surface area contributed by atoms with Crippen molar-refractivity contribution in [3.63, 3.8) is 0 Å². The number of carbonyl (C=O) groups is 6. The van der Waals surface area contributed by atoms with Gasteiger partial charge in [-0.05, 0) is 128 Å². The van der Waals surface area contributed by atoms with E-state index in [0.29, 0.717) is 110 Å². The number of anilines is 2. The van der Waals surface area contributed by atoms with Gasteiger partial charge in [-0.3, -0.25) is 19.4 Å². The molecule has 4 amide bonds. The number of nitrogens with one attached hydrogen (secondary N) is 2. The number of carboxylic acid groups (broad SMARTS) is 1. The van der Waals surface area contributed by atoms with Crippen LogP contribution in [-0.2, 0) is 71.3 Å². The SMILES string of the molecule is COC(=O)[C@H](COCCOCCOCCOCCN=[N+]=[N-])NC(=O)CCCCN(C(=O)OC(C)(C)C)c1cc(C)ccn1.Cc1ccnc(N(CCCCC(=O)N[C@@H](COCCOCCOCCOCCN=[N+]=[N-])C(=O)O)C(=O)OC(C)(C)C)c1. The number of hydrogen-bond acceptors (Lipinski definition) is 21. The van der Waals surface area contributed by atoms with Crippen molar-refractivity contribution < 1.29 is 86.0 Å². The molecule has 2 aromatic rings. The van der Waals surface area contributed by atoms with Crippen LogP contribution in [-0.4, -0.2) is 213 Å². The molecule has 85 heavy (non-hydrogen) atoms. The van der Waals surface area contributed by atoms with Gasteiger partial charge < -0.3 is 67.8 Å². The predicted molar refractivity (Wildman–Crippen MR) is 311 cm³/mol. The van der Waals surface area contributed by atoms with Gasteiger partial charge in [0.1, 0.15) is 22.8 Å². The van der Waals surface area contributed by atoms with Crippen molar-refractivity contribution >= 4 is 47.6 Å².